The molecule has 1 aromatic rings. The smallest absolute Gasteiger partial charge is 0.171 e. The van der Waals surface area contributed by atoms with Crippen molar-refractivity contribution in [2.45, 2.75) is 45.4 Å². The summed E-state index contributed by atoms with van der Waals surface area (Å²) in [4.78, 5) is 12.3. The summed E-state index contributed by atoms with van der Waals surface area (Å²) < 4.78 is 4.42. The maximum Gasteiger partial charge on any atom is 0.171 e. The molecule has 3 heteroatoms. The molecule has 0 N–H and O–H groups in total. The van der Waals surface area contributed by atoms with Crippen LogP contribution >= 0.6 is 11.5 Å². The van der Waals surface area contributed by atoms with Crippen LogP contribution in [0.4, 0.5) is 0 Å². The average Bonchev–Trinajstić information content (AvgIpc) is 2.83. The minimum absolute atomic E-state index is 0.177. The lowest BCUT2D eigenvalue weighted by Gasteiger charge is -2.05. The summed E-state index contributed by atoms with van der Waals surface area (Å²) in [6.45, 7) is 5.93. The van der Waals surface area contributed by atoms with Crippen molar-refractivity contribution >= 4 is 17.3 Å². The third kappa shape index (κ3) is 1.61. The number of hydrogen-bond acceptors (Lipinski definition) is 3. The van der Waals surface area contributed by atoms with E-state index < -0.39 is 0 Å². The number of ketones is 1. The van der Waals surface area contributed by atoms with Crippen LogP contribution in [0.2, 0.25) is 0 Å². The fourth-order valence-corrected chi connectivity index (χ4v) is 2.74. The third-order valence-corrected chi connectivity index (χ3v) is 3.59. The molecule has 76 valence electrons. The van der Waals surface area contributed by atoms with Crippen molar-refractivity contribution in [3.63, 3.8) is 0 Å². The third-order valence-electron chi connectivity index (χ3n) is 2.61. The molecule has 0 radical (unpaired) electrons. The molecule has 1 heterocycles. The van der Waals surface area contributed by atoms with Crippen molar-refractivity contribution in [3.8, 4) is 0 Å². The Morgan fingerprint density at radius 3 is 2.57 bits per heavy atom. The van der Waals surface area contributed by atoms with Crippen molar-refractivity contribution in [2.24, 2.45) is 0 Å². The predicted octanol–water partition coefficient (Wildman–Crippen LogP) is 3.35. The fourth-order valence-electron chi connectivity index (χ4n) is 1.75. The van der Waals surface area contributed by atoms with Crippen LogP contribution in [0.25, 0.3) is 0 Å². The van der Waals surface area contributed by atoms with Gasteiger partial charge >= 0.3 is 0 Å². The minimum Gasteiger partial charge on any atom is -0.294 e. The second-order valence-electron chi connectivity index (χ2n) is 4.30. The number of rotatable bonds is 3. The summed E-state index contributed by atoms with van der Waals surface area (Å²) in [7, 11) is 0. The van der Waals surface area contributed by atoms with E-state index in [4.69, 9.17) is 0 Å². The molecule has 0 aliphatic heterocycles. The number of aromatic nitrogens is 1. The fraction of sp³-hybridized carbons (Fsp3) is 0.636. The van der Waals surface area contributed by atoms with Gasteiger partial charge in [-0.3, -0.25) is 4.79 Å². The molecule has 0 saturated heterocycles. The Kier molecular flexibility index (Phi) is 2.43. The molecule has 1 fully saturated rings. The maximum absolute atomic E-state index is 11.4. The first-order valence-corrected chi connectivity index (χ1v) is 5.89. The van der Waals surface area contributed by atoms with Crippen LogP contribution in [-0.4, -0.2) is 10.2 Å². The van der Waals surface area contributed by atoms with Crippen molar-refractivity contribution in [3.05, 3.63) is 16.1 Å². The van der Waals surface area contributed by atoms with Crippen molar-refractivity contribution in [2.75, 3.05) is 0 Å². The molecule has 0 atom stereocenters. The van der Waals surface area contributed by atoms with Gasteiger partial charge in [0.1, 0.15) is 0 Å². The topological polar surface area (TPSA) is 30.0 Å². The largest absolute Gasteiger partial charge is 0.294 e. The lowest BCUT2D eigenvalue weighted by atomic mass is 10.00. The highest BCUT2D eigenvalue weighted by Crippen LogP contribution is 2.46. The van der Waals surface area contributed by atoms with E-state index >= 15 is 0 Å². The predicted molar refractivity (Wildman–Crippen MR) is 58.2 cm³/mol. The van der Waals surface area contributed by atoms with E-state index in [1.54, 1.807) is 6.92 Å². The number of hydrogen-bond donors (Lipinski definition) is 0. The van der Waals surface area contributed by atoms with Gasteiger partial charge in [0.15, 0.2) is 5.78 Å². The summed E-state index contributed by atoms with van der Waals surface area (Å²) in [6, 6.07) is 0. The van der Waals surface area contributed by atoms with Gasteiger partial charge in [0.25, 0.3) is 0 Å². The Hall–Kier alpha value is -0.700. The summed E-state index contributed by atoms with van der Waals surface area (Å²) in [5.74, 6) is 1.25. The molecule has 1 aromatic heterocycles. The summed E-state index contributed by atoms with van der Waals surface area (Å²) in [5.41, 5.74) is 2.42. The van der Waals surface area contributed by atoms with Gasteiger partial charge in [0.2, 0.25) is 0 Å². The zero-order valence-corrected chi connectivity index (χ0v) is 9.65. The Balaban J connectivity index is 2.46. The normalized spacial score (nSPS) is 16.3. The number of carbonyl (C=O) groups excluding carboxylic acids is 1. The van der Waals surface area contributed by atoms with Crippen molar-refractivity contribution < 1.29 is 4.79 Å². The number of nitrogens with zero attached hydrogens (tertiary/aromatic N) is 1. The molecule has 0 bridgehead atoms. The second kappa shape index (κ2) is 3.46. The van der Waals surface area contributed by atoms with Gasteiger partial charge in [-0.2, -0.15) is 4.37 Å². The van der Waals surface area contributed by atoms with Gasteiger partial charge in [-0.15, -0.1) is 0 Å². The molecular formula is C11H15NOS. The molecule has 1 saturated carbocycles. The number of carbonyl (C=O) groups is 1. The second-order valence-corrected chi connectivity index (χ2v) is 5.07. The molecule has 14 heavy (non-hydrogen) atoms. The van der Waals surface area contributed by atoms with Crippen LogP contribution in [0, 0.1) is 0 Å². The van der Waals surface area contributed by atoms with E-state index in [9.17, 15) is 4.79 Å². The van der Waals surface area contributed by atoms with Crippen LogP contribution in [0.5, 0.6) is 0 Å². The Morgan fingerprint density at radius 1 is 1.50 bits per heavy atom. The van der Waals surface area contributed by atoms with Crippen molar-refractivity contribution in [1.82, 2.24) is 4.37 Å². The lowest BCUT2D eigenvalue weighted by molar-refractivity contribution is 0.102. The van der Waals surface area contributed by atoms with E-state index in [0.717, 1.165) is 10.6 Å². The summed E-state index contributed by atoms with van der Waals surface area (Å²) in [5, 5.41) is 0. The molecule has 0 amide bonds. The lowest BCUT2D eigenvalue weighted by Crippen LogP contribution is -1.98. The first kappa shape index (κ1) is 9.84. The van der Waals surface area contributed by atoms with Gasteiger partial charge in [-0.1, -0.05) is 13.8 Å². The molecule has 0 unspecified atom stereocenters. The first-order chi connectivity index (χ1) is 6.61. The Bertz CT molecular complexity index is 363. The van der Waals surface area contributed by atoms with E-state index in [0.29, 0.717) is 11.8 Å². The van der Waals surface area contributed by atoms with Gasteiger partial charge in [-0.25, -0.2) is 0 Å². The van der Waals surface area contributed by atoms with Crippen molar-refractivity contribution in [1.29, 1.82) is 0 Å². The molecule has 2 rings (SSSR count). The Morgan fingerprint density at radius 2 is 2.14 bits per heavy atom. The van der Waals surface area contributed by atoms with Crippen LogP contribution in [0.15, 0.2) is 0 Å². The van der Waals surface area contributed by atoms with Crippen LogP contribution in [0.3, 0.4) is 0 Å². The highest BCUT2D eigenvalue weighted by molar-refractivity contribution is 7.08. The quantitative estimate of drug-likeness (QED) is 0.715. The van der Waals surface area contributed by atoms with Crippen LogP contribution in [0.1, 0.15) is 66.4 Å². The van der Waals surface area contributed by atoms with Crippen LogP contribution < -0.4 is 0 Å². The van der Waals surface area contributed by atoms with Crippen LogP contribution in [-0.2, 0) is 0 Å². The standard InChI is InChI=1S/C11H15NOS/c1-6(2)10-9(8-4-5-8)11(7(3)13)14-12-10/h6,8H,4-5H2,1-3H3. The molecule has 0 spiro atoms. The SMILES string of the molecule is CC(=O)c1snc(C(C)C)c1C1CC1. The monoisotopic (exact) mass is 209 g/mol. The highest BCUT2D eigenvalue weighted by atomic mass is 32.1. The molecule has 0 aromatic carbocycles. The zero-order valence-electron chi connectivity index (χ0n) is 8.83. The van der Waals surface area contributed by atoms with E-state index in [1.165, 1.54) is 29.9 Å². The van der Waals surface area contributed by atoms with Gasteiger partial charge < -0.3 is 0 Å². The first-order valence-electron chi connectivity index (χ1n) is 5.11. The Labute approximate surface area is 88.5 Å². The zero-order chi connectivity index (χ0) is 10.3. The van der Waals surface area contributed by atoms with Gasteiger partial charge in [-0.05, 0) is 36.2 Å². The summed E-state index contributed by atoms with van der Waals surface area (Å²) in [6.07, 6.45) is 2.47. The molecular weight excluding hydrogens is 194 g/mol. The summed E-state index contributed by atoms with van der Waals surface area (Å²) >= 11 is 1.38. The molecule has 2 nitrogen and oxygen atoms in total. The van der Waals surface area contributed by atoms with Gasteiger partial charge in [0.05, 0.1) is 10.6 Å². The average molecular weight is 209 g/mol. The molecule has 1 aliphatic rings. The van der Waals surface area contributed by atoms with E-state index in [1.807, 2.05) is 0 Å². The van der Waals surface area contributed by atoms with E-state index in [2.05, 4.69) is 18.2 Å². The minimum atomic E-state index is 0.177. The van der Waals surface area contributed by atoms with E-state index in [-0.39, 0.29) is 5.78 Å². The molecule has 1 aliphatic carbocycles. The number of Topliss-reactive ketones (excluding diaryl/α,β-unsaturated/α-hetero) is 1. The highest BCUT2D eigenvalue weighted by Gasteiger charge is 2.32. The van der Waals surface area contributed by atoms with Gasteiger partial charge in [0, 0.05) is 12.5 Å². The maximum atomic E-state index is 11.4.